The fourth-order valence-electron chi connectivity index (χ4n) is 2.51. The topological polar surface area (TPSA) is 37.8 Å². The first-order valence-electron chi connectivity index (χ1n) is 6.52. The summed E-state index contributed by atoms with van der Waals surface area (Å²) < 4.78 is 4.18. The quantitative estimate of drug-likeness (QED) is 0.887. The highest BCUT2D eigenvalue weighted by Gasteiger charge is 2.22. The maximum absolute atomic E-state index is 4.39. The number of piperidine rings is 1. The molecule has 3 nitrogen and oxygen atoms in total. The summed E-state index contributed by atoms with van der Waals surface area (Å²) >= 11 is 1.53. The number of allylic oxidation sites excluding steroid dienone is 6. The van der Waals surface area contributed by atoms with E-state index in [1.807, 2.05) is 0 Å². The van der Waals surface area contributed by atoms with Crippen LogP contribution in [0.25, 0.3) is 5.57 Å². The van der Waals surface area contributed by atoms with Crippen molar-refractivity contribution in [2.45, 2.75) is 25.2 Å². The summed E-state index contributed by atoms with van der Waals surface area (Å²) in [7, 11) is 0. The molecule has 1 saturated heterocycles. The fourth-order valence-corrected chi connectivity index (χ4v) is 3.28. The number of hydrogen-bond donors (Lipinski definition) is 1. The number of nitrogens with zero attached hydrogens (tertiary/aromatic N) is 2. The van der Waals surface area contributed by atoms with Gasteiger partial charge >= 0.3 is 0 Å². The number of aromatic nitrogens is 2. The first-order valence-corrected chi connectivity index (χ1v) is 7.29. The molecule has 2 aliphatic rings. The lowest BCUT2D eigenvalue weighted by atomic mass is 9.92. The van der Waals surface area contributed by atoms with Gasteiger partial charge in [0.25, 0.3) is 0 Å². The van der Waals surface area contributed by atoms with Gasteiger partial charge in [0.2, 0.25) is 0 Å². The van der Waals surface area contributed by atoms with Crippen LogP contribution in [0.1, 0.15) is 35.8 Å². The average molecular weight is 259 g/mol. The van der Waals surface area contributed by atoms with Gasteiger partial charge in [-0.3, -0.25) is 0 Å². The van der Waals surface area contributed by atoms with Crippen LogP contribution in [-0.4, -0.2) is 22.7 Å². The monoisotopic (exact) mass is 259 g/mol. The van der Waals surface area contributed by atoms with Crippen LogP contribution in [0.5, 0.6) is 0 Å². The van der Waals surface area contributed by atoms with E-state index in [2.05, 4.69) is 45.3 Å². The van der Waals surface area contributed by atoms with Gasteiger partial charge < -0.3 is 5.32 Å². The second kappa shape index (κ2) is 5.59. The van der Waals surface area contributed by atoms with E-state index in [0.717, 1.165) is 19.5 Å². The third kappa shape index (κ3) is 2.44. The molecule has 1 fully saturated rings. The smallest absolute Gasteiger partial charge is 0.0866 e. The van der Waals surface area contributed by atoms with Crippen molar-refractivity contribution in [3.8, 4) is 0 Å². The molecule has 3 rings (SSSR count). The zero-order valence-corrected chi connectivity index (χ0v) is 11.1. The second-order valence-corrected chi connectivity index (χ2v) is 5.45. The highest BCUT2D eigenvalue weighted by Crippen LogP contribution is 2.33. The minimum absolute atomic E-state index is 0.575. The summed E-state index contributed by atoms with van der Waals surface area (Å²) in [4.78, 5) is 1.27. The number of hydrogen-bond acceptors (Lipinski definition) is 4. The molecule has 0 spiro atoms. The van der Waals surface area contributed by atoms with Crippen LogP contribution in [0.2, 0.25) is 0 Å². The molecule has 1 aliphatic heterocycles. The summed E-state index contributed by atoms with van der Waals surface area (Å²) in [6.07, 6.45) is 14.1. The van der Waals surface area contributed by atoms with Crippen LogP contribution in [-0.2, 0) is 0 Å². The Morgan fingerprint density at radius 2 is 2.11 bits per heavy atom. The standard InChI is InChI=1S/C14H17N3S/c1-2-4-6-12(5-3-1)14-13(16-17-18-14)11-7-9-15-10-8-11/h1-3,5-6,11,15H,4,7-10H2. The molecule has 0 unspecified atom stereocenters. The van der Waals surface area contributed by atoms with Crippen LogP contribution in [0, 0.1) is 0 Å². The number of nitrogens with one attached hydrogen (secondary N) is 1. The molecule has 94 valence electrons. The zero-order valence-electron chi connectivity index (χ0n) is 10.3. The summed E-state index contributed by atoms with van der Waals surface area (Å²) in [6, 6.07) is 0. The molecular weight excluding hydrogens is 242 g/mol. The van der Waals surface area contributed by atoms with E-state index in [9.17, 15) is 0 Å². The van der Waals surface area contributed by atoms with Crippen molar-refractivity contribution in [2.75, 3.05) is 13.1 Å². The van der Waals surface area contributed by atoms with Gasteiger partial charge in [-0.1, -0.05) is 34.9 Å². The minimum atomic E-state index is 0.575. The zero-order chi connectivity index (χ0) is 12.2. The number of rotatable bonds is 2. The van der Waals surface area contributed by atoms with E-state index in [0.29, 0.717) is 5.92 Å². The van der Waals surface area contributed by atoms with Crippen molar-refractivity contribution in [1.82, 2.24) is 14.9 Å². The van der Waals surface area contributed by atoms with Crippen molar-refractivity contribution in [3.63, 3.8) is 0 Å². The minimum Gasteiger partial charge on any atom is -0.317 e. The Morgan fingerprint density at radius 3 is 3.00 bits per heavy atom. The third-order valence-electron chi connectivity index (χ3n) is 3.50. The van der Waals surface area contributed by atoms with E-state index >= 15 is 0 Å². The van der Waals surface area contributed by atoms with E-state index in [-0.39, 0.29) is 0 Å². The molecule has 1 aromatic heterocycles. The summed E-state index contributed by atoms with van der Waals surface area (Å²) in [6.45, 7) is 2.19. The van der Waals surface area contributed by atoms with Gasteiger partial charge in [-0.05, 0) is 49.5 Å². The predicted octanol–water partition coefficient (Wildman–Crippen LogP) is 2.90. The van der Waals surface area contributed by atoms with Gasteiger partial charge in [0.15, 0.2) is 0 Å². The van der Waals surface area contributed by atoms with Gasteiger partial charge in [0.1, 0.15) is 0 Å². The largest absolute Gasteiger partial charge is 0.317 e. The predicted molar refractivity (Wildman–Crippen MR) is 75.6 cm³/mol. The Labute approximate surface area is 111 Å². The Kier molecular flexibility index (Phi) is 3.67. The molecular formula is C14H17N3S. The van der Waals surface area contributed by atoms with Gasteiger partial charge in [0.05, 0.1) is 10.6 Å². The van der Waals surface area contributed by atoms with Crippen molar-refractivity contribution in [3.05, 3.63) is 41.0 Å². The van der Waals surface area contributed by atoms with Crippen LogP contribution in [0.4, 0.5) is 0 Å². The van der Waals surface area contributed by atoms with E-state index in [1.54, 1.807) is 0 Å². The van der Waals surface area contributed by atoms with Crippen molar-refractivity contribution in [1.29, 1.82) is 0 Å². The molecule has 18 heavy (non-hydrogen) atoms. The molecule has 0 atom stereocenters. The van der Waals surface area contributed by atoms with Crippen molar-refractivity contribution >= 4 is 17.1 Å². The molecule has 0 radical (unpaired) electrons. The Hall–Kier alpha value is -1.26. The summed E-state index contributed by atoms with van der Waals surface area (Å²) in [5.41, 5.74) is 2.49. The highest BCUT2D eigenvalue weighted by atomic mass is 32.1. The van der Waals surface area contributed by atoms with Crippen LogP contribution in [0.3, 0.4) is 0 Å². The van der Waals surface area contributed by atoms with E-state index < -0.39 is 0 Å². The normalized spacial score (nSPS) is 20.8. The first-order chi connectivity index (χ1) is 8.95. The third-order valence-corrected chi connectivity index (χ3v) is 4.29. The molecule has 1 aromatic rings. The highest BCUT2D eigenvalue weighted by molar-refractivity contribution is 7.07. The van der Waals surface area contributed by atoms with E-state index in [4.69, 9.17) is 0 Å². The van der Waals surface area contributed by atoms with Crippen molar-refractivity contribution < 1.29 is 0 Å². The Bertz CT molecular complexity index is 493. The van der Waals surface area contributed by atoms with Gasteiger partial charge in [0, 0.05) is 5.92 Å². The summed E-state index contributed by atoms with van der Waals surface area (Å²) in [5.74, 6) is 0.575. The second-order valence-electron chi connectivity index (χ2n) is 4.69. The maximum atomic E-state index is 4.39. The maximum Gasteiger partial charge on any atom is 0.0866 e. The lowest BCUT2D eigenvalue weighted by molar-refractivity contribution is 0.452. The fraction of sp³-hybridized carbons (Fsp3) is 0.429. The van der Waals surface area contributed by atoms with Crippen LogP contribution < -0.4 is 5.32 Å². The lowest BCUT2D eigenvalue weighted by Crippen LogP contribution is -2.27. The molecule has 0 aromatic carbocycles. The van der Waals surface area contributed by atoms with Crippen molar-refractivity contribution in [2.24, 2.45) is 0 Å². The van der Waals surface area contributed by atoms with Gasteiger partial charge in [-0.25, -0.2) is 0 Å². The van der Waals surface area contributed by atoms with Gasteiger partial charge in [-0.2, -0.15) is 0 Å². The summed E-state index contributed by atoms with van der Waals surface area (Å²) in [5, 5.41) is 7.79. The molecule has 4 heteroatoms. The molecule has 1 aliphatic carbocycles. The molecule has 0 saturated carbocycles. The van der Waals surface area contributed by atoms with Crippen LogP contribution in [0.15, 0.2) is 30.4 Å². The molecule has 0 bridgehead atoms. The van der Waals surface area contributed by atoms with E-state index in [1.165, 1.54) is 40.5 Å². The Morgan fingerprint density at radius 1 is 1.22 bits per heavy atom. The SMILES string of the molecule is C1=CCC=C(c2snnc2C2CCNCC2)C=C1. The molecule has 0 amide bonds. The average Bonchev–Trinajstić information content (AvgIpc) is 2.75. The Balaban J connectivity index is 1.88. The lowest BCUT2D eigenvalue weighted by Gasteiger charge is -2.21. The van der Waals surface area contributed by atoms with Crippen LogP contribution >= 0.6 is 11.5 Å². The first kappa shape index (κ1) is 11.8. The van der Waals surface area contributed by atoms with Gasteiger partial charge in [-0.15, -0.1) is 5.10 Å². The molecule has 1 N–H and O–H groups in total. The molecule has 2 heterocycles.